The lowest BCUT2D eigenvalue weighted by Crippen LogP contribution is -2.02. The second-order valence-electron chi connectivity index (χ2n) is 4.25. The average molecular weight is 295 g/mol. The highest BCUT2D eigenvalue weighted by atomic mass is 19.1. The fourth-order valence-electron chi connectivity index (χ4n) is 1.82. The van der Waals surface area contributed by atoms with E-state index in [4.69, 9.17) is 9.84 Å². The van der Waals surface area contributed by atoms with Crippen molar-refractivity contribution in [3.8, 4) is 5.75 Å². The van der Waals surface area contributed by atoms with Crippen molar-refractivity contribution in [2.24, 2.45) is 0 Å². The van der Waals surface area contributed by atoms with Crippen LogP contribution in [0.5, 0.6) is 5.75 Å². The molecule has 0 unspecified atom stereocenters. The number of hydrogen-bond donors (Lipinski definition) is 1. The van der Waals surface area contributed by atoms with Crippen molar-refractivity contribution in [1.82, 2.24) is 0 Å². The molecule has 0 saturated carbocycles. The van der Waals surface area contributed by atoms with E-state index in [0.29, 0.717) is 0 Å². The van der Waals surface area contributed by atoms with Crippen molar-refractivity contribution in [2.45, 2.75) is 13.2 Å². The number of ether oxygens (including phenoxy) is 1. The van der Waals surface area contributed by atoms with Gasteiger partial charge in [0.1, 0.15) is 12.4 Å². The Bertz CT molecular complexity index is 676. The Morgan fingerprint density at radius 3 is 2.67 bits per heavy atom. The molecule has 0 aliphatic heterocycles. The van der Waals surface area contributed by atoms with E-state index in [2.05, 4.69) is 0 Å². The fourth-order valence-corrected chi connectivity index (χ4v) is 1.82. The van der Waals surface area contributed by atoms with Crippen LogP contribution < -0.4 is 4.74 Å². The van der Waals surface area contributed by atoms with Crippen molar-refractivity contribution < 1.29 is 23.5 Å². The van der Waals surface area contributed by atoms with E-state index in [0.717, 1.165) is 24.3 Å². The third-order valence-electron chi connectivity index (χ3n) is 2.76. The lowest BCUT2D eigenvalue weighted by atomic mass is 10.2. The maximum Gasteiger partial charge on any atom is 0.272 e. The van der Waals surface area contributed by atoms with Gasteiger partial charge in [0.25, 0.3) is 5.69 Å². The molecule has 1 N–H and O–H groups in total. The first kappa shape index (κ1) is 14.9. The largest absolute Gasteiger partial charge is 0.485 e. The van der Waals surface area contributed by atoms with E-state index in [-0.39, 0.29) is 23.5 Å². The summed E-state index contributed by atoms with van der Waals surface area (Å²) < 4.78 is 32.1. The third kappa shape index (κ3) is 3.51. The van der Waals surface area contributed by atoms with Gasteiger partial charge >= 0.3 is 0 Å². The molecule has 0 aromatic heterocycles. The van der Waals surface area contributed by atoms with Gasteiger partial charge in [-0.1, -0.05) is 12.1 Å². The van der Waals surface area contributed by atoms with Crippen molar-refractivity contribution in [1.29, 1.82) is 0 Å². The topological polar surface area (TPSA) is 72.6 Å². The zero-order chi connectivity index (χ0) is 15.4. The SMILES string of the molecule is O=[N+]([O-])c1cc(F)cc(COc2c(F)cccc2CO)c1. The highest BCUT2D eigenvalue weighted by molar-refractivity contribution is 5.37. The Morgan fingerprint density at radius 2 is 2.00 bits per heavy atom. The molecule has 2 aromatic carbocycles. The van der Waals surface area contributed by atoms with Gasteiger partial charge in [0.15, 0.2) is 11.6 Å². The van der Waals surface area contributed by atoms with Crippen molar-refractivity contribution in [3.63, 3.8) is 0 Å². The van der Waals surface area contributed by atoms with E-state index in [1.54, 1.807) is 0 Å². The molecule has 2 aromatic rings. The lowest BCUT2D eigenvalue weighted by Gasteiger charge is -2.11. The van der Waals surface area contributed by atoms with Gasteiger partial charge < -0.3 is 9.84 Å². The highest BCUT2D eigenvalue weighted by Crippen LogP contribution is 2.24. The Kier molecular flexibility index (Phi) is 4.44. The van der Waals surface area contributed by atoms with Crippen molar-refractivity contribution in [2.75, 3.05) is 0 Å². The van der Waals surface area contributed by atoms with E-state index in [1.807, 2.05) is 0 Å². The van der Waals surface area contributed by atoms with Crippen LogP contribution in [-0.2, 0) is 13.2 Å². The normalized spacial score (nSPS) is 10.4. The fraction of sp³-hybridized carbons (Fsp3) is 0.143. The van der Waals surface area contributed by atoms with E-state index in [1.165, 1.54) is 12.1 Å². The first-order valence-electron chi connectivity index (χ1n) is 5.96. The van der Waals surface area contributed by atoms with Crippen LogP contribution in [0.25, 0.3) is 0 Å². The zero-order valence-corrected chi connectivity index (χ0v) is 10.8. The third-order valence-corrected chi connectivity index (χ3v) is 2.76. The zero-order valence-electron chi connectivity index (χ0n) is 10.8. The number of benzene rings is 2. The monoisotopic (exact) mass is 295 g/mol. The summed E-state index contributed by atoms with van der Waals surface area (Å²) in [7, 11) is 0. The summed E-state index contributed by atoms with van der Waals surface area (Å²) >= 11 is 0. The first-order valence-corrected chi connectivity index (χ1v) is 5.96. The van der Waals surface area contributed by atoms with E-state index < -0.39 is 28.9 Å². The minimum Gasteiger partial charge on any atom is -0.485 e. The smallest absolute Gasteiger partial charge is 0.272 e. The first-order chi connectivity index (χ1) is 10.0. The van der Waals surface area contributed by atoms with Crippen LogP contribution in [-0.4, -0.2) is 10.0 Å². The van der Waals surface area contributed by atoms with Gasteiger partial charge in [-0.15, -0.1) is 0 Å². The molecule has 0 aliphatic rings. The van der Waals surface area contributed by atoms with Gasteiger partial charge in [0.2, 0.25) is 0 Å². The molecule has 110 valence electrons. The van der Waals surface area contributed by atoms with Crippen LogP contribution in [0.3, 0.4) is 0 Å². The molecule has 0 fully saturated rings. The molecule has 0 bridgehead atoms. The number of non-ortho nitro benzene ring substituents is 1. The second-order valence-corrected chi connectivity index (χ2v) is 4.25. The molecule has 0 radical (unpaired) electrons. The number of nitrogens with zero attached hydrogens (tertiary/aromatic N) is 1. The molecule has 0 saturated heterocycles. The summed E-state index contributed by atoms with van der Waals surface area (Å²) in [5, 5.41) is 19.7. The summed E-state index contributed by atoms with van der Waals surface area (Å²) in [5.74, 6) is -1.61. The maximum atomic E-state index is 13.6. The van der Waals surface area contributed by atoms with Crippen LogP contribution in [0.1, 0.15) is 11.1 Å². The maximum absolute atomic E-state index is 13.6. The molecular weight excluding hydrogens is 284 g/mol. The van der Waals surface area contributed by atoms with Gasteiger partial charge in [-0.2, -0.15) is 0 Å². The van der Waals surface area contributed by atoms with E-state index in [9.17, 15) is 18.9 Å². The molecule has 0 aliphatic carbocycles. The summed E-state index contributed by atoms with van der Waals surface area (Å²) in [4.78, 5) is 9.91. The lowest BCUT2D eigenvalue weighted by molar-refractivity contribution is -0.385. The minimum atomic E-state index is -0.779. The van der Waals surface area contributed by atoms with E-state index >= 15 is 0 Å². The number of hydrogen-bond acceptors (Lipinski definition) is 4. The Balaban J connectivity index is 2.23. The predicted molar refractivity (Wildman–Crippen MR) is 69.7 cm³/mol. The summed E-state index contributed by atoms with van der Waals surface area (Å²) in [5.41, 5.74) is 0.0132. The molecule has 7 heteroatoms. The van der Waals surface area contributed by atoms with Crippen LogP contribution >= 0.6 is 0 Å². The number of nitro groups is 1. The van der Waals surface area contributed by atoms with Gasteiger partial charge in [-0.3, -0.25) is 10.1 Å². The number of para-hydroxylation sites is 1. The molecule has 0 heterocycles. The number of aliphatic hydroxyl groups excluding tert-OH is 1. The number of rotatable bonds is 5. The number of nitro benzene ring substituents is 1. The van der Waals surface area contributed by atoms with Gasteiger partial charge in [0.05, 0.1) is 17.6 Å². The second kappa shape index (κ2) is 6.27. The highest BCUT2D eigenvalue weighted by Gasteiger charge is 2.13. The molecule has 0 atom stereocenters. The molecule has 2 rings (SSSR count). The standard InChI is InChI=1S/C14H11F2NO4/c15-11-4-9(5-12(6-11)17(19)20)8-21-14-10(7-18)2-1-3-13(14)16/h1-6,18H,7-8H2. The summed E-state index contributed by atoms with van der Waals surface area (Å²) in [6.07, 6.45) is 0. The van der Waals surface area contributed by atoms with Crippen molar-refractivity contribution in [3.05, 3.63) is 69.3 Å². The molecule has 0 spiro atoms. The Hall–Kier alpha value is -2.54. The van der Waals surface area contributed by atoms with Gasteiger partial charge in [-0.05, 0) is 17.7 Å². The molecule has 0 amide bonds. The summed E-state index contributed by atoms with van der Waals surface area (Å²) in [6.45, 7) is -0.678. The van der Waals surface area contributed by atoms with Crippen LogP contribution in [0.4, 0.5) is 14.5 Å². The van der Waals surface area contributed by atoms with Crippen molar-refractivity contribution >= 4 is 5.69 Å². The Labute approximate surface area is 118 Å². The van der Waals surface area contributed by atoms with Crippen LogP contribution in [0, 0.1) is 21.7 Å². The van der Waals surface area contributed by atoms with Gasteiger partial charge in [-0.25, -0.2) is 8.78 Å². The summed E-state index contributed by atoms with van der Waals surface area (Å²) in [6, 6.07) is 7.04. The van der Waals surface area contributed by atoms with Gasteiger partial charge in [0, 0.05) is 11.6 Å². The molecular formula is C14H11F2NO4. The predicted octanol–water partition coefficient (Wildman–Crippen LogP) is 2.94. The van der Waals surface area contributed by atoms with Crippen LogP contribution in [0.15, 0.2) is 36.4 Å². The average Bonchev–Trinajstić information content (AvgIpc) is 2.45. The quantitative estimate of drug-likeness (QED) is 0.680. The number of halogens is 2. The molecule has 5 nitrogen and oxygen atoms in total. The number of aliphatic hydroxyl groups is 1. The molecule has 21 heavy (non-hydrogen) atoms. The minimum absolute atomic E-state index is 0.160. The Morgan fingerprint density at radius 1 is 1.24 bits per heavy atom. The van der Waals surface area contributed by atoms with Crippen LogP contribution in [0.2, 0.25) is 0 Å².